The molecule has 3 aromatic rings. The molecule has 2 aromatic carbocycles. The summed E-state index contributed by atoms with van der Waals surface area (Å²) in [5.74, 6) is -0.596. The van der Waals surface area contributed by atoms with E-state index in [2.05, 4.69) is 4.98 Å². The standard InChI is InChI=1S/C22H18N4O4/c1-12-18(27)26-16-9-5-3-7-14(16)22(30)10-17(20(29)25(12)21(22)26)24-11-23-15-8-4-2-6-13(15)19(24)28/h2-9,11-12,17,21,30H,10H2,1H3/t12-,17?,21-,22-/m0/s1. The van der Waals surface area contributed by atoms with E-state index in [1.54, 1.807) is 55.5 Å². The van der Waals surface area contributed by atoms with Gasteiger partial charge in [-0.2, -0.15) is 0 Å². The highest BCUT2D eigenvalue weighted by Crippen LogP contribution is 2.55. The number of hydrogen-bond donors (Lipinski definition) is 1. The van der Waals surface area contributed by atoms with Gasteiger partial charge in [-0.05, 0) is 25.1 Å². The average Bonchev–Trinajstić information content (AvgIpc) is 3.18. The molecule has 0 spiro atoms. The maximum absolute atomic E-state index is 13.5. The van der Waals surface area contributed by atoms with Gasteiger partial charge in [-0.15, -0.1) is 0 Å². The largest absolute Gasteiger partial charge is 0.381 e. The summed E-state index contributed by atoms with van der Waals surface area (Å²) in [7, 11) is 0. The number of anilines is 1. The van der Waals surface area contributed by atoms with Crippen LogP contribution < -0.4 is 10.5 Å². The molecule has 1 unspecified atom stereocenters. The Morgan fingerprint density at radius 2 is 1.77 bits per heavy atom. The molecule has 30 heavy (non-hydrogen) atoms. The number of hydrogen-bond acceptors (Lipinski definition) is 5. The van der Waals surface area contributed by atoms with E-state index < -0.39 is 23.9 Å². The summed E-state index contributed by atoms with van der Waals surface area (Å²) in [4.78, 5) is 47.0. The lowest BCUT2D eigenvalue weighted by Gasteiger charge is -2.44. The van der Waals surface area contributed by atoms with Crippen LogP contribution in [0.2, 0.25) is 0 Å². The molecule has 2 amide bonds. The predicted octanol–water partition coefficient (Wildman–Crippen LogP) is 1.13. The van der Waals surface area contributed by atoms with Crippen LogP contribution in [0.5, 0.6) is 0 Å². The van der Waals surface area contributed by atoms with Crippen molar-refractivity contribution in [1.29, 1.82) is 0 Å². The molecule has 1 N–H and O–H groups in total. The van der Waals surface area contributed by atoms with Crippen LogP contribution in [0.3, 0.4) is 0 Å². The number of fused-ring (bicyclic) bond motifs is 4. The Balaban J connectivity index is 1.57. The fourth-order valence-electron chi connectivity index (χ4n) is 5.26. The number of amides is 2. The highest BCUT2D eigenvalue weighted by atomic mass is 16.3. The van der Waals surface area contributed by atoms with E-state index in [9.17, 15) is 19.5 Å². The zero-order chi connectivity index (χ0) is 20.8. The summed E-state index contributed by atoms with van der Waals surface area (Å²) in [6.07, 6.45) is 0.545. The fraction of sp³-hybridized carbons (Fsp3) is 0.273. The van der Waals surface area contributed by atoms with E-state index in [-0.39, 0.29) is 23.8 Å². The van der Waals surface area contributed by atoms with E-state index in [4.69, 9.17) is 0 Å². The Morgan fingerprint density at radius 3 is 2.60 bits per heavy atom. The summed E-state index contributed by atoms with van der Waals surface area (Å²) in [5.41, 5.74) is -0.0647. The first-order valence-corrected chi connectivity index (χ1v) is 9.86. The minimum absolute atomic E-state index is 0.0135. The van der Waals surface area contributed by atoms with E-state index in [1.807, 2.05) is 0 Å². The molecule has 4 atom stereocenters. The zero-order valence-electron chi connectivity index (χ0n) is 16.1. The molecule has 8 nitrogen and oxygen atoms in total. The SMILES string of the molecule is C[C@H]1C(=O)N2c3ccccc3[C@@]3(O)CC(n4cnc5ccccc5c4=O)C(=O)N1[C@@H]23. The topological polar surface area (TPSA) is 95.7 Å². The van der Waals surface area contributed by atoms with Gasteiger partial charge in [0.1, 0.15) is 23.9 Å². The number of piperidine rings is 1. The number of aromatic nitrogens is 2. The molecule has 6 rings (SSSR count). The lowest BCUT2D eigenvalue weighted by atomic mass is 9.82. The molecule has 0 aliphatic carbocycles. The molecule has 3 aliphatic heterocycles. The van der Waals surface area contributed by atoms with Crippen molar-refractivity contribution in [2.24, 2.45) is 0 Å². The van der Waals surface area contributed by atoms with Gasteiger partial charge in [-0.3, -0.25) is 23.9 Å². The Kier molecular flexibility index (Phi) is 3.21. The minimum Gasteiger partial charge on any atom is -0.381 e. The van der Waals surface area contributed by atoms with Crippen LogP contribution in [-0.4, -0.2) is 43.6 Å². The van der Waals surface area contributed by atoms with Crippen LogP contribution >= 0.6 is 0 Å². The van der Waals surface area contributed by atoms with Crippen molar-refractivity contribution in [3.8, 4) is 0 Å². The highest BCUT2D eigenvalue weighted by Gasteiger charge is 2.66. The second-order valence-corrected chi connectivity index (χ2v) is 8.14. The molecule has 8 heteroatoms. The van der Waals surface area contributed by atoms with Gasteiger partial charge in [-0.25, -0.2) is 4.98 Å². The molecular formula is C22H18N4O4. The summed E-state index contributed by atoms with van der Waals surface area (Å²) in [6.45, 7) is 1.66. The third-order valence-electron chi connectivity index (χ3n) is 6.65. The molecule has 150 valence electrons. The van der Waals surface area contributed by atoms with Crippen molar-refractivity contribution < 1.29 is 14.7 Å². The summed E-state index contributed by atoms with van der Waals surface area (Å²) >= 11 is 0. The van der Waals surface area contributed by atoms with Crippen LogP contribution in [-0.2, 0) is 15.2 Å². The molecule has 3 aliphatic rings. The van der Waals surface area contributed by atoms with E-state index in [0.29, 0.717) is 22.2 Å². The predicted molar refractivity (Wildman–Crippen MR) is 108 cm³/mol. The number of carbonyl (C=O) groups excluding carboxylic acids is 2. The van der Waals surface area contributed by atoms with Crippen molar-refractivity contribution in [3.63, 3.8) is 0 Å². The first-order chi connectivity index (χ1) is 14.4. The molecule has 4 heterocycles. The Labute approximate surface area is 171 Å². The van der Waals surface area contributed by atoms with Crippen LogP contribution in [0.1, 0.15) is 24.9 Å². The van der Waals surface area contributed by atoms with Crippen molar-refractivity contribution in [3.05, 3.63) is 70.8 Å². The van der Waals surface area contributed by atoms with Gasteiger partial charge in [0.25, 0.3) is 11.5 Å². The summed E-state index contributed by atoms with van der Waals surface area (Å²) in [6, 6.07) is 12.4. The highest BCUT2D eigenvalue weighted by molar-refractivity contribution is 6.06. The Morgan fingerprint density at radius 1 is 1.03 bits per heavy atom. The third-order valence-corrected chi connectivity index (χ3v) is 6.65. The quantitative estimate of drug-likeness (QED) is 0.658. The van der Waals surface area contributed by atoms with Gasteiger partial charge >= 0.3 is 0 Å². The van der Waals surface area contributed by atoms with Crippen molar-refractivity contribution in [2.75, 3.05) is 4.90 Å². The van der Waals surface area contributed by atoms with Crippen LogP contribution in [0, 0.1) is 0 Å². The minimum atomic E-state index is -1.47. The van der Waals surface area contributed by atoms with E-state index in [0.717, 1.165) is 0 Å². The first-order valence-electron chi connectivity index (χ1n) is 9.86. The number of nitrogens with zero attached hydrogens (tertiary/aromatic N) is 4. The van der Waals surface area contributed by atoms with Crippen LogP contribution in [0.25, 0.3) is 10.9 Å². The molecule has 0 radical (unpaired) electrons. The lowest BCUT2D eigenvalue weighted by molar-refractivity contribution is -0.158. The van der Waals surface area contributed by atoms with E-state index >= 15 is 0 Å². The molecule has 2 saturated heterocycles. The smallest absolute Gasteiger partial charge is 0.261 e. The van der Waals surface area contributed by atoms with Crippen molar-refractivity contribution >= 4 is 28.4 Å². The second kappa shape index (κ2) is 5.54. The van der Waals surface area contributed by atoms with Crippen molar-refractivity contribution in [1.82, 2.24) is 14.5 Å². The van der Waals surface area contributed by atoms with Gasteiger partial charge in [0.2, 0.25) is 5.91 Å². The monoisotopic (exact) mass is 402 g/mol. The van der Waals surface area contributed by atoms with Crippen LogP contribution in [0.15, 0.2) is 59.7 Å². The second-order valence-electron chi connectivity index (χ2n) is 8.14. The van der Waals surface area contributed by atoms with Gasteiger partial charge < -0.3 is 10.0 Å². The molecule has 0 bridgehead atoms. The lowest BCUT2D eigenvalue weighted by Crippen LogP contribution is -2.61. The fourth-order valence-corrected chi connectivity index (χ4v) is 5.26. The Hall–Kier alpha value is -3.52. The van der Waals surface area contributed by atoms with Crippen molar-refractivity contribution in [2.45, 2.75) is 37.2 Å². The van der Waals surface area contributed by atoms with Crippen LogP contribution in [0.4, 0.5) is 5.69 Å². The molecule has 2 fully saturated rings. The maximum atomic E-state index is 13.5. The number of para-hydroxylation sites is 2. The number of carbonyl (C=O) groups is 2. The molecule has 0 saturated carbocycles. The number of benzene rings is 2. The molecule has 1 aromatic heterocycles. The van der Waals surface area contributed by atoms with Gasteiger partial charge in [0.05, 0.1) is 22.9 Å². The third kappa shape index (κ3) is 1.89. The summed E-state index contributed by atoms with van der Waals surface area (Å²) in [5, 5.41) is 12.2. The number of aliphatic hydroxyl groups is 1. The number of rotatable bonds is 1. The summed E-state index contributed by atoms with van der Waals surface area (Å²) < 4.78 is 1.29. The first kappa shape index (κ1) is 17.3. The van der Waals surface area contributed by atoms with Gasteiger partial charge in [0, 0.05) is 12.0 Å². The normalized spacial score (nSPS) is 29.5. The maximum Gasteiger partial charge on any atom is 0.261 e. The Bertz CT molecular complexity index is 1320. The van der Waals surface area contributed by atoms with Gasteiger partial charge in [0.15, 0.2) is 0 Å². The average molecular weight is 402 g/mol. The zero-order valence-corrected chi connectivity index (χ0v) is 16.1. The van der Waals surface area contributed by atoms with E-state index in [1.165, 1.54) is 20.7 Å². The molecular weight excluding hydrogens is 384 g/mol. The van der Waals surface area contributed by atoms with Gasteiger partial charge in [-0.1, -0.05) is 30.3 Å².